The molecule has 26 heavy (non-hydrogen) atoms. The van der Waals surface area contributed by atoms with Gasteiger partial charge in [0.25, 0.3) is 0 Å². The zero-order valence-electron chi connectivity index (χ0n) is 14.1. The lowest BCUT2D eigenvalue weighted by Crippen LogP contribution is -1.99. The van der Waals surface area contributed by atoms with Gasteiger partial charge in [-0.15, -0.1) is 0 Å². The highest BCUT2D eigenvalue weighted by molar-refractivity contribution is 5.64. The van der Waals surface area contributed by atoms with Crippen molar-refractivity contribution in [3.63, 3.8) is 0 Å². The number of para-hydroxylation sites is 1. The molecule has 4 rings (SSSR count). The van der Waals surface area contributed by atoms with Crippen LogP contribution in [0.4, 0.5) is 10.1 Å². The van der Waals surface area contributed by atoms with E-state index in [1.165, 1.54) is 12.1 Å². The standard InChI is InChI=1S/C22H18FN3/c23-19-11-13-20(14-12-19)24-15-18-16-26(21-9-5-2-6-10-21)25-22(18)17-7-3-1-4-8-17/h1-14,16,24H,15H2. The fraction of sp³-hybridized carbons (Fsp3) is 0.0455. The molecule has 1 aromatic heterocycles. The molecule has 0 bridgehead atoms. The van der Waals surface area contributed by atoms with Crippen molar-refractivity contribution in [1.29, 1.82) is 0 Å². The van der Waals surface area contributed by atoms with Gasteiger partial charge in [-0.25, -0.2) is 9.07 Å². The Bertz CT molecular complexity index is 977. The van der Waals surface area contributed by atoms with E-state index in [2.05, 4.69) is 17.4 Å². The van der Waals surface area contributed by atoms with Crippen LogP contribution in [0.15, 0.2) is 91.1 Å². The monoisotopic (exact) mass is 343 g/mol. The molecule has 0 aliphatic carbocycles. The highest BCUT2D eigenvalue weighted by Gasteiger charge is 2.12. The summed E-state index contributed by atoms with van der Waals surface area (Å²) in [4.78, 5) is 0. The normalized spacial score (nSPS) is 10.7. The molecule has 1 heterocycles. The number of halogens is 1. The van der Waals surface area contributed by atoms with Gasteiger partial charge in [0.05, 0.1) is 11.4 Å². The zero-order valence-corrected chi connectivity index (χ0v) is 14.1. The number of benzene rings is 3. The molecule has 0 unspecified atom stereocenters. The summed E-state index contributed by atoms with van der Waals surface area (Å²) >= 11 is 0. The molecule has 0 aliphatic rings. The van der Waals surface area contributed by atoms with E-state index < -0.39 is 0 Å². The first-order chi connectivity index (χ1) is 12.8. The van der Waals surface area contributed by atoms with Crippen LogP contribution < -0.4 is 5.32 Å². The number of nitrogens with zero attached hydrogens (tertiary/aromatic N) is 2. The van der Waals surface area contributed by atoms with E-state index in [4.69, 9.17) is 5.10 Å². The number of nitrogens with one attached hydrogen (secondary N) is 1. The van der Waals surface area contributed by atoms with Crippen molar-refractivity contribution in [3.05, 3.63) is 103 Å². The molecular weight excluding hydrogens is 325 g/mol. The van der Waals surface area contributed by atoms with Crippen LogP contribution in [0.1, 0.15) is 5.56 Å². The van der Waals surface area contributed by atoms with E-state index in [1.807, 2.05) is 59.4 Å². The highest BCUT2D eigenvalue weighted by atomic mass is 19.1. The summed E-state index contributed by atoms with van der Waals surface area (Å²) in [5, 5.41) is 8.14. The lowest BCUT2D eigenvalue weighted by molar-refractivity contribution is 0.628. The Kier molecular flexibility index (Phi) is 4.48. The SMILES string of the molecule is Fc1ccc(NCc2cn(-c3ccccc3)nc2-c2ccccc2)cc1. The molecule has 3 aromatic carbocycles. The first-order valence-electron chi connectivity index (χ1n) is 8.48. The summed E-state index contributed by atoms with van der Waals surface area (Å²) in [5.74, 6) is -0.238. The molecule has 0 spiro atoms. The number of aromatic nitrogens is 2. The molecule has 128 valence electrons. The van der Waals surface area contributed by atoms with Crippen LogP contribution in [0, 0.1) is 5.82 Å². The molecule has 4 aromatic rings. The molecule has 0 atom stereocenters. The van der Waals surface area contributed by atoms with Crippen LogP contribution in [0.5, 0.6) is 0 Å². The van der Waals surface area contributed by atoms with Crippen molar-refractivity contribution < 1.29 is 4.39 Å². The van der Waals surface area contributed by atoms with Crippen LogP contribution in [0.3, 0.4) is 0 Å². The van der Waals surface area contributed by atoms with Gasteiger partial charge in [-0.3, -0.25) is 0 Å². The molecule has 0 fully saturated rings. The van der Waals surface area contributed by atoms with Gasteiger partial charge < -0.3 is 5.32 Å². The van der Waals surface area contributed by atoms with Gasteiger partial charge in [0.15, 0.2) is 0 Å². The third-order valence-corrected chi connectivity index (χ3v) is 4.19. The van der Waals surface area contributed by atoms with Gasteiger partial charge in [0, 0.05) is 29.6 Å². The second-order valence-electron chi connectivity index (χ2n) is 6.01. The summed E-state index contributed by atoms with van der Waals surface area (Å²) in [7, 11) is 0. The Labute approximate surface area is 151 Å². The quantitative estimate of drug-likeness (QED) is 0.533. The maximum Gasteiger partial charge on any atom is 0.123 e. The Balaban J connectivity index is 1.67. The van der Waals surface area contributed by atoms with Crippen LogP contribution in [0.2, 0.25) is 0 Å². The maximum absolute atomic E-state index is 13.1. The van der Waals surface area contributed by atoms with Gasteiger partial charge in [-0.05, 0) is 36.4 Å². The van der Waals surface area contributed by atoms with E-state index in [1.54, 1.807) is 12.1 Å². The minimum absolute atomic E-state index is 0.238. The number of anilines is 1. The minimum atomic E-state index is -0.238. The average Bonchev–Trinajstić information content (AvgIpc) is 3.13. The fourth-order valence-corrected chi connectivity index (χ4v) is 2.86. The van der Waals surface area contributed by atoms with Gasteiger partial charge in [-0.1, -0.05) is 48.5 Å². The summed E-state index contributed by atoms with van der Waals surface area (Å²) < 4.78 is 15.0. The molecule has 3 nitrogen and oxygen atoms in total. The number of hydrogen-bond donors (Lipinski definition) is 1. The maximum atomic E-state index is 13.1. The van der Waals surface area contributed by atoms with Crippen molar-refractivity contribution in [2.45, 2.75) is 6.54 Å². The predicted octanol–water partition coefficient (Wildman–Crippen LogP) is 5.29. The largest absolute Gasteiger partial charge is 0.381 e. The van der Waals surface area contributed by atoms with Crippen molar-refractivity contribution >= 4 is 5.69 Å². The van der Waals surface area contributed by atoms with Crippen molar-refractivity contribution in [1.82, 2.24) is 9.78 Å². The van der Waals surface area contributed by atoms with Crippen LogP contribution >= 0.6 is 0 Å². The van der Waals surface area contributed by atoms with Crippen LogP contribution in [-0.2, 0) is 6.54 Å². The summed E-state index contributed by atoms with van der Waals surface area (Å²) in [6.45, 7) is 0.600. The van der Waals surface area contributed by atoms with Crippen molar-refractivity contribution in [2.75, 3.05) is 5.32 Å². The van der Waals surface area contributed by atoms with E-state index in [-0.39, 0.29) is 5.82 Å². The van der Waals surface area contributed by atoms with Crippen molar-refractivity contribution in [3.8, 4) is 16.9 Å². The molecular formula is C22H18FN3. The zero-order chi connectivity index (χ0) is 17.8. The topological polar surface area (TPSA) is 29.9 Å². The van der Waals surface area contributed by atoms with Crippen LogP contribution in [0.25, 0.3) is 16.9 Å². The second-order valence-corrected chi connectivity index (χ2v) is 6.01. The molecule has 1 N–H and O–H groups in total. The molecule has 4 heteroatoms. The number of hydrogen-bond acceptors (Lipinski definition) is 2. The van der Waals surface area contributed by atoms with E-state index >= 15 is 0 Å². The number of rotatable bonds is 5. The smallest absolute Gasteiger partial charge is 0.123 e. The summed E-state index contributed by atoms with van der Waals surface area (Å²) in [5.41, 5.74) is 4.96. The predicted molar refractivity (Wildman–Crippen MR) is 103 cm³/mol. The fourth-order valence-electron chi connectivity index (χ4n) is 2.86. The van der Waals surface area contributed by atoms with Gasteiger partial charge >= 0.3 is 0 Å². The minimum Gasteiger partial charge on any atom is -0.381 e. The van der Waals surface area contributed by atoms with Gasteiger partial charge in [0.2, 0.25) is 0 Å². The first kappa shape index (κ1) is 16.1. The van der Waals surface area contributed by atoms with E-state index in [9.17, 15) is 4.39 Å². The molecule has 0 radical (unpaired) electrons. The molecule has 0 aliphatic heterocycles. The van der Waals surface area contributed by atoms with E-state index in [0.29, 0.717) is 6.54 Å². The highest BCUT2D eigenvalue weighted by Crippen LogP contribution is 2.24. The third-order valence-electron chi connectivity index (χ3n) is 4.19. The summed E-state index contributed by atoms with van der Waals surface area (Å²) in [6, 6.07) is 26.5. The van der Waals surface area contributed by atoms with Crippen molar-refractivity contribution in [2.24, 2.45) is 0 Å². The Morgan fingerprint density at radius 2 is 1.46 bits per heavy atom. The van der Waals surface area contributed by atoms with Crippen LogP contribution in [-0.4, -0.2) is 9.78 Å². The Morgan fingerprint density at radius 1 is 0.808 bits per heavy atom. The summed E-state index contributed by atoms with van der Waals surface area (Å²) in [6.07, 6.45) is 2.04. The molecule has 0 saturated heterocycles. The third kappa shape index (κ3) is 3.49. The first-order valence-corrected chi connectivity index (χ1v) is 8.48. The Hall–Kier alpha value is -3.40. The average molecular weight is 343 g/mol. The lowest BCUT2D eigenvalue weighted by Gasteiger charge is -2.06. The Morgan fingerprint density at radius 3 is 2.15 bits per heavy atom. The lowest BCUT2D eigenvalue weighted by atomic mass is 10.1. The van der Waals surface area contributed by atoms with Gasteiger partial charge in [0.1, 0.15) is 5.82 Å². The van der Waals surface area contributed by atoms with Gasteiger partial charge in [-0.2, -0.15) is 5.10 Å². The second kappa shape index (κ2) is 7.23. The molecule has 0 saturated carbocycles. The van der Waals surface area contributed by atoms with E-state index in [0.717, 1.165) is 28.2 Å². The molecule has 0 amide bonds.